The van der Waals surface area contributed by atoms with Gasteiger partial charge < -0.3 is 5.32 Å². The van der Waals surface area contributed by atoms with Crippen molar-refractivity contribution in [3.8, 4) is 0 Å². The molecule has 1 nitrogen and oxygen atoms in total. The zero-order valence-electron chi connectivity index (χ0n) is 10.1. The Kier molecular flexibility index (Phi) is 4.61. The quantitative estimate of drug-likeness (QED) is 0.896. The molecule has 2 heterocycles. The second-order valence-corrected chi connectivity index (χ2v) is 6.67. The standard InChI is InChI=1S/C12H16F3NS2/c1-16-9(2-4-12(13,14)15)11-6-8-7-17-5-3-10(8)18-11/h6,9,16H,2-5,7H2,1H3. The molecule has 0 saturated carbocycles. The Hall–Kier alpha value is -0.200. The number of thiophene rings is 1. The van der Waals surface area contributed by atoms with Crippen molar-refractivity contribution in [2.24, 2.45) is 0 Å². The van der Waals surface area contributed by atoms with Crippen LogP contribution in [0.25, 0.3) is 0 Å². The highest BCUT2D eigenvalue weighted by Gasteiger charge is 2.29. The lowest BCUT2D eigenvalue weighted by atomic mass is 10.1. The van der Waals surface area contributed by atoms with Crippen LogP contribution in [0, 0.1) is 0 Å². The minimum absolute atomic E-state index is 0.118. The van der Waals surface area contributed by atoms with Gasteiger partial charge in [0.05, 0.1) is 0 Å². The molecule has 0 aliphatic carbocycles. The van der Waals surface area contributed by atoms with Gasteiger partial charge in [0.1, 0.15) is 0 Å². The molecule has 0 spiro atoms. The van der Waals surface area contributed by atoms with Crippen molar-refractivity contribution in [1.82, 2.24) is 5.32 Å². The second kappa shape index (κ2) is 5.84. The minimum Gasteiger partial charge on any atom is -0.312 e. The summed E-state index contributed by atoms with van der Waals surface area (Å²) in [6.45, 7) is 0. The normalized spacial score (nSPS) is 17.6. The number of hydrogen-bond donors (Lipinski definition) is 1. The van der Waals surface area contributed by atoms with Gasteiger partial charge in [-0.1, -0.05) is 0 Å². The number of fused-ring (bicyclic) bond motifs is 1. The first kappa shape index (κ1) is 14.2. The van der Waals surface area contributed by atoms with E-state index in [1.807, 2.05) is 11.8 Å². The fourth-order valence-corrected chi connectivity index (χ4v) is 4.60. The molecule has 1 aliphatic rings. The van der Waals surface area contributed by atoms with E-state index in [0.717, 1.165) is 22.8 Å². The van der Waals surface area contributed by atoms with E-state index in [9.17, 15) is 13.2 Å². The number of halogens is 3. The van der Waals surface area contributed by atoms with Crippen molar-refractivity contribution in [1.29, 1.82) is 0 Å². The van der Waals surface area contributed by atoms with Crippen LogP contribution in [0.2, 0.25) is 0 Å². The predicted molar refractivity (Wildman–Crippen MR) is 71.3 cm³/mol. The van der Waals surface area contributed by atoms with E-state index in [0.29, 0.717) is 0 Å². The average Bonchev–Trinajstić information content (AvgIpc) is 2.71. The molecule has 102 valence electrons. The Morgan fingerprint density at radius 3 is 2.83 bits per heavy atom. The van der Waals surface area contributed by atoms with Gasteiger partial charge in [-0.2, -0.15) is 24.9 Å². The molecule has 0 aromatic carbocycles. The molecule has 0 fully saturated rings. The minimum atomic E-state index is -4.07. The maximum absolute atomic E-state index is 12.3. The molecule has 18 heavy (non-hydrogen) atoms. The lowest BCUT2D eigenvalue weighted by Gasteiger charge is -2.15. The lowest BCUT2D eigenvalue weighted by molar-refractivity contribution is -0.136. The summed E-state index contributed by atoms with van der Waals surface area (Å²) < 4.78 is 36.8. The van der Waals surface area contributed by atoms with Crippen molar-refractivity contribution < 1.29 is 13.2 Å². The fraction of sp³-hybridized carbons (Fsp3) is 0.667. The maximum Gasteiger partial charge on any atom is 0.389 e. The summed E-state index contributed by atoms with van der Waals surface area (Å²) in [5.41, 5.74) is 1.32. The zero-order chi connectivity index (χ0) is 13.2. The molecule has 0 radical (unpaired) electrons. The average molecular weight is 295 g/mol. The Labute approximate surface area is 113 Å². The summed E-state index contributed by atoms with van der Waals surface area (Å²) in [6.07, 6.45) is -3.62. The van der Waals surface area contributed by atoms with E-state index < -0.39 is 12.6 Å². The summed E-state index contributed by atoms with van der Waals surface area (Å²) in [7, 11) is 1.73. The molecule has 2 rings (SSSR count). The molecular weight excluding hydrogens is 279 g/mol. The fourth-order valence-electron chi connectivity index (χ4n) is 2.08. The van der Waals surface area contributed by atoms with Gasteiger partial charge in [0, 0.05) is 28.0 Å². The van der Waals surface area contributed by atoms with E-state index >= 15 is 0 Å². The Bertz CT molecular complexity index is 377. The molecular formula is C12H16F3NS2. The Morgan fingerprint density at radius 1 is 1.44 bits per heavy atom. The lowest BCUT2D eigenvalue weighted by Crippen LogP contribution is -2.18. The zero-order valence-corrected chi connectivity index (χ0v) is 11.8. The van der Waals surface area contributed by atoms with Gasteiger partial charge in [0.15, 0.2) is 0 Å². The number of hydrogen-bond acceptors (Lipinski definition) is 3. The molecule has 0 saturated heterocycles. The van der Waals surface area contributed by atoms with E-state index in [4.69, 9.17) is 0 Å². The molecule has 1 aromatic heterocycles. The molecule has 1 unspecified atom stereocenters. The second-order valence-electron chi connectivity index (χ2n) is 4.39. The van der Waals surface area contributed by atoms with Gasteiger partial charge in [-0.25, -0.2) is 0 Å². The Morgan fingerprint density at radius 2 is 2.22 bits per heavy atom. The summed E-state index contributed by atoms with van der Waals surface area (Å²) in [5.74, 6) is 2.13. The first-order valence-corrected chi connectivity index (χ1v) is 7.90. The topological polar surface area (TPSA) is 12.0 Å². The van der Waals surface area contributed by atoms with Gasteiger partial charge in [-0.3, -0.25) is 0 Å². The highest BCUT2D eigenvalue weighted by molar-refractivity contribution is 7.98. The van der Waals surface area contributed by atoms with Gasteiger partial charge in [-0.05, 0) is 37.3 Å². The molecule has 1 aromatic rings. The first-order chi connectivity index (χ1) is 8.49. The Balaban J connectivity index is 2.05. The van der Waals surface area contributed by atoms with Crippen LogP contribution in [0.15, 0.2) is 6.07 Å². The van der Waals surface area contributed by atoms with Crippen LogP contribution in [-0.2, 0) is 12.2 Å². The van der Waals surface area contributed by atoms with Crippen molar-refractivity contribution in [3.05, 3.63) is 21.4 Å². The third-order valence-electron chi connectivity index (χ3n) is 3.06. The third kappa shape index (κ3) is 3.65. The number of thioether (sulfide) groups is 1. The number of alkyl halides is 3. The number of nitrogens with one attached hydrogen (secondary N) is 1. The van der Waals surface area contributed by atoms with Crippen LogP contribution in [-0.4, -0.2) is 19.0 Å². The summed E-state index contributed by atoms with van der Waals surface area (Å²) >= 11 is 3.57. The van der Waals surface area contributed by atoms with Gasteiger partial charge in [0.2, 0.25) is 0 Å². The van der Waals surface area contributed by atoms with Crippen molar-refractivity contribution >= 4 is 23.1 Å². The summed E-state index contributed by atoms with van der Waals surface area (Å²) in [4.78, 5) is 2.41. The highest BCUT2D eigenvalue weighted by atomic mass is 32.2. The van der Waals surface area contributed by atoms with Crippen molar-refractivity contribution in [3.63, 3.8) is 0 Å². The summed E-state index contributed by atoms with van der Waals surface area (Å²) in [5, 5.41) is 3.00. The molecule has 1 aliphatic heterocycles. The molecule has 0 amide bonds. The van der Waals surface area contributed by atoms with Gasteiger partial charge in [0.25, 0.3) is 0 Å². The van der Waals surface area contributed by atoms with Crippen molar-refractivity contribution in [2.75, 3.05) is 12.8 Å². The smallest absolute Gasteiger partial charge is 0.312 e. The van der Waals surface area contributed by atoms with E-state index in [2.05, 4.69) is 11.4 Å². The van der Waals surface area contributed by atoms with E-state index in [-0.39, 0.29) is 12.5 Å². The van der Waals surface area contributed by atoms with Crippen LogP contribution in [0.4, 0.5) is 13.2 Å². The van der Waals surface area contributed by atoms with Crippen LogP contribution < -0.4 is 5.32 Å². The first-order valence-electron chi connectivity index (χ1n) is 5.93. The third-order valence-corrected chi connectivity index (χ3v) is 5.41. The largest absolute Gasteiger partial charge is 0.389 e. The number of aryl methyl sites for hydroxylation is 1. The van der Waals surface area contributed by atoms with Crippen LogP contribution in [0.5, 0.6) is 0 Å². The van der Waals surface area contributed by atoms with Crippen LogP contribution >= 0.6 is 23.1 Å². The molecule has 0 bridgehead atoms. The molecule has 6 heteroatoms. The number of rotatable bonds is 4. The van der Waals surface area contributed by atoms with Gasteiger partial charge in [-0.15, -0.1) is 11.3 Å². The van der Waals surface area contributed by atoms with E-state index in [1.54, 1.807) is 18.4 Å². The highest BCUT2D eigenvalue weighted by Crippen LogP contribution is 2.36. The summed E-state index contributed by atoms with van der Waals surface area (Å²) in [6, 6.07) is 1.91. The molecule has 1 atom stereocenters. The van der Waals surface area contributed by atoms with E-state index in [1.165, 1.54) is 10.4 Å². The monoisotopic (exact) mass is 295 g/mol. The van der Waals surface area contributed by atoms with Crippen molar-refractivity contribution in [2.45, 2.75) is 37.2 Å². The SMILES string of the molecule is CNC(CCC(F)(F)F)c1cc2c(s1)CCSC2. The maximum atomic E-state index is 12.3. The molecule has 1 N–H and O–H groups in total. The van der Waals surface area contributed by atoms with Crippen LogP contribution in [0.3, 0.4) is 0 Å². The van der Waals surface area contributed by atoms with Crippen LogP contribution in [0.1, 0.15) is 34.2 Å². The van der Waals surface area contributed by atoms with Gasteiger partial charge >= 0.3 is 6.18 Å². The predicted octanol–water partition coefficient (Wildman–Crippen LogP) is 4.14.